The molecule has 0 bridgehead atoms. The second-order valence-corrected chi connectivity index (χ2v) is 18.8. The van der Waals surface area contributed by atoms with Gasteiger partial charge in [0.05, 0.1) is 22.6 Å². The maximum Gasteiger partial charge on any atom is 0.180 e. The second kappa shape index (κ2) is 13.1. The highest BCUT2D eigenvalue weighted by Gasteiger charge is 2.50. The van der Waals surface area contributed by atoms with Crippen molar-refractivity contribution in [2.45, 2.75) is 12.1 Å². The average Bonchev–Trinajstić information content (AvgIpc) is 3.82. The lowest BCUT2D eigenvalue weighted by molar-refractivity contribution is 0.402. The average molecular weight is 754 g/mol. The number of para-hydroxylation sites is 3. The molecule has 4 nitrogen and oxygen atoms in total. The van der Waals surface area contributed by atoms with Crippen LogP contribution in [-0.4, -0.2) is 22.6 Å². The van der Waals surface area contributed by atoms with Crippen molar-refractivity contribution in [1.82, 2.24) is 14.5 Å². The minimum atomic E-state index is -3.05. The number of fused-ring (bicyclic) bond motifs is 6. The van der Waals surface area contributed by atoms with Crippen LogP contribution in [0.25, 0.3) is 44.4 Å². The third-order valence-electron chi connectivity index (χ3n) is 12.0. The van der Waals surface area contributed by atoms with Gasteiger partial charge in [-0.05, 0) is 91.5 Å². The molecule has 6 heteroatoms. The largest absolute Gasteiger partial charge is 0.456 e. The van der Waals surface area contributed by atoms with E-state index < -0.39 is 14.2 Å². The first kappa shape index (κ1) is 33.4. The number of benzene rings is 7. The third kappa shape index (κ3) is 5.10. The zero-order valence-electron chi connectivity index (χ0n) is 31.2. The Labute approximate surface area is 330 Å². The molecule has 1 aliphatic heterocycles. The Bertz CT molecular complexity index is 3080. The van der Waals surface area contributed by atoms with Gasteiger partial charge in [-0.3, -0.25) is 4.98 Å². The number of aryl methyl sites for hydroxylation is 1. The van der Waals surface area contributed by atoms with Crippen molar-refractivity contribution >= 4 is 61.8 Å². The van der Waals surface area contributed by atoms with Gasteiger partial charge >= 0.3 is 0 Å². The standard InChI is InChI=1S/C51H36FN3OSi/c1-55-44-24-10-9-22-42(44)54-51(55)35-16-14-15-33(29-35)50(52)34-26-27-47-40(30-34)49(43-23-12-13-28-53-43)41-31-39-38-21-8-11-25-45(38)56-46(39)32-48(41)57(47,36-17-4-2-5-18-36)37-19-6-3-7-20-37/h2-32,49-50H,1H3. The third-order valence-corrected chi connectivity index (χ3v) is 16.9. The first-order chi connectivity index (χ1) is 28.1. The van der Waals surface area contributed by atoms with Gasteiger partial charge in [-0.2, -0.15) is 0 Å². The molecule has 272 valence electrons. The summed E-state index contributed by atoms with van der Waals surface area (Å²) in [5.41, 5.74) is 8.93. The Morgan fingerprint density at radius 2 is 1.30 bits per heavy atom. The molecular formula is C51H36FN3OSi. The molecular weight excluding hydrogens is 718 g/mol. The molecule has 7 aromatic carbocycles. The van der Waals surface area contributed by atoms with Crippen molar-refractivity contribution < 1.29 is 8.81 Å². The number of nitrogens with zero attached hydrogens (tertiary/aromatic N) is 3. The van der Waals surface area contributed by atoms with Gasteiger partial charge in [0.2, 0.25) is 0 Å². The van der Waals surface area contributed by atoms with Crippen LogP contribution in [0, 0.1) is 0 Å². The van der Waals surface area contributed by atoms with Gasteiger partial charge in [-0.15, -0.1) is 0 Å². The number of aromatic nitrogens is 3. The quantitative estimate of drug-likeness (QED) is 0.159. The molecule has 1 aliphatic rings. The number of imidazole rings is 1. The SMILES string of the molecule is Cn1c(-c2cccc(C(F)c3ccc4c(c3)C(c3ccccn3)c3cc5c(cc3[Si]4(c3ccccc3)c3ccccc3)oc3ccccc35)c2)nc2ccccc21. The summed E-state index contributed by atoms with van der Waals surface area (Å²) in [6.07, 6.45) is 0.489. The minimum Gasteiger partial charge on any atom is -0.456 e. The fraction of sp³-hybridized carbons (Fsp3) is 0.0588. The summed E-state index contributed by atoms with van der Waals surface area (Å²) < 4.78 is 26.1. The van der Waals surface area contributed by atoms with Crippen LogP contribution in [0.4, 0.5) is 4.39 Å². The normalized spacial score (nSPS) is 15.1. The molecule has 10 aromatic rings. The molecule has 3 aromatic heterocycles. The molecule has 0 N–H and O–H groups in total. The fourth-order valence-electron chi connectivity index (χ4n) is 9.45. The van der Waals surface area contributed by atoms with Crippen molar-refractivity contribution in [2.24, 2.45) is 7.05 Å². The van der Waals surface area contributed by atoms with Crippen LogP contribution in [0.2, 0.25) is 0 Å². The molecule has 2 unspecified atom stereocenters. The van der Waals surface area contributed by atoms with Gasteiger partial charge in [0.15, 0.2) is 14.2 Å². The second-order valence-electron chi connectivity index (χ2n) is 15.0. The summed E-state index contributed by atoms with van der Waals surface area (Å²) in [6.45, 7) is 0. The summed E-state index contributed by atoms with van der Waals surface area (Å²) >= 11 is 0. The predicted molar refractivity (Wildman–Crippen MR) is 232 cm³/mol. The Kier molecular flexibility index (Phi) is 7.69. The van der Waals surface area contributed by atoms with Crippen molar-refractivity contribution in [3.63, 3.8) is 0 Å². The van der Waals surface area contributed by atoms with Crippen molar-refractivity contribution in [3.05, 3.63) is 216 Å². The molecule has 0 spiro atoms. The smallest absolute Gasteiger partial charge is 0.180 e. The number of rotatable bonds is 6. The monoisotopic (exact) mass is 753 g/mol. The molecule has 0 saturated heterocycles. The van der Waals surface area contributed by atoms with Gasteiger partial charge in [-0.25, -0.2) is 9.37 Å². The predicted octanol–water partition coefficient (Wildman–Crippen LogP) is 9.46. The van der Waals surface area contributed by atoms with E-state index in [2.05, 4.69) is 120 Å². The van der Waals surface area contributed by atoms with Gasteiger partial charge in [0.1, 0.15) is 17.0 Å². The zero-order chi connectivity index (χ0) is 38.1. The van der Waals surface area contributed by atoms with E-state index in [9.17, 15) is 0 Å². The van der Waals surface area contributed by atoms with Crippen LogP contribution in [0.5, 0.6) is 0 Å². The van der Waals surface area contributed by atoms with E-state index in [-0.39, 0.29) is 5.92 Å². The summed E-state index contributed by atoms with van der Waals surface area (Å²) in [4.78, 5) is 9.94. The van der Waals surface area contributed by atoms with E-state index in [1.54, 1.807) is 0 Å². The zero-order valence-corrected chi connectivity index (χ0v) is 32.2. The Morgan fingerprint density at radius 3 is 2.07 bits per heavy atom. The van der Waals surface area contributed by atoms with Crippen molar-refractivity contribution in [2.75, 3.05) is 0 Å². The number of hydrogen-bond donors (Lipinski definition) is 0. The Morgan fingerprint density at radius 1 is 0.596 bits per heavy atom. The Balaban J connectivity index is 1.18. The van der Waals surface area contributed by atoms with E-state index >= 15 is 4.39 Å². The van der Waals surface area contributed by atoms with Crippen LogP contribution >= 0.6 is 0 Å². The molecule has 0 saturated carbocycles. The molecule has 11 rings (SSSR count). The number of furan rings is 1. The first-order valence-corrected chi connectivity index (χ1v) is 21.4. The topological polar surface area (TPSA) is 43.9 Å². The summed E-state index contributed by atoms with van der Waals surface area (Å²) in [6, 6.07) is 63.1. The highest BCUT2D eigenvalue weighted by Crippen LogP contribution is 2.41. The molecule has 57 heavy (non-hydrogen) atoms. The van der Waals surface area contributed by atoms with Crippen molar-refractivity contribution in [3.8, 4) is 11.4 Å². The Hall–Kier alpha value is -6.89. The van der Waals surface area contributed by atoms with E-state index in [1.807, 2.05) is 80.0 Å². The van der Waals surface area contributed by atoms with Crippen LogP contribution in [0.15, 0.2) is 193 Å². The lowest BCUT2D eigenvalue weighted by atomic mass is 9.85. The van der Waals surface area contributed by atoms with Gasteiger partial charge in [0.25, 0.3) is 0 Å². The van der Waals surface area contributed by atoms with Crippen LogP contribution in [-0.2, 0) is 7.05 Å². The van der Waals surface area contributed by atoms with Gasteiger partial charge in [-0.1, -0.05) is 133 Å². The molecule has 4 heterocycles. The maximum absolute atomic E-state index is 17.4. The van der Waals surface area contributed by atoms with Crippen LogP contribution < -0.4 is 20.7 Å². The van der Waals surface area contributed by atoms with E-state index in [0.29, 0.717) is 11.1 Å². The highest BCUT2D eigenvalue weighted by molar-refractivity contribution is 7.20. The summed E-state index contributed by atoms with van der Waals surface area (Å²) in [7, 11) is -1.04. The van der Waals surface area contributed by atoms with Gasteiger partial charge in [0, 0.05) is 29.6 Å². The number of hydrogen-bond acceptors (Lipinski definition) is 3. The first-order valence-electron chi connectivity index (χ1n) is 19.4. The molecule has 0 radical (unpaired) electrons. The maximum atomic E-state index is 17.4. The van der Waals surface area contributed by atoms with Crippen LogP contribution in [0.1, 0.15) is 40.0 Å². The van der Waals surface area contributed by atoms with Crippen LogP contribution in [0.3, 0.4) is 0 Å². The fourth-order valence-corrected chi connectivity index (χ4v) is 14.7. The lowest BCUT2D eigenvalue weighted by Crippen LogP contribution is -2.77. The lowest BCUT2D eigenvalue weighted by Gasteiger charge is -2.43. The number of halogens is 1. The molecule has 0 fully saturated rings. The van der Waals surface area contributed by atoms with E-state index in [0.717, 1.165) is 55.6 Å². The van der Waals surface area contributed by atoms with E-state index in [1.165, 1.54) is 26.3 Å². The van der Waals surface area contributed by atoms with Gasteiger partial charge < -0.3 is 8.98 Å². The van der Waals surface area contributed by atoms with Crippen molar-refractivity contribution in [1.29, 1.82) is 0 Å². The number of pyridine rings is 1. The summed E-state index contributed by atoms with van der Waals surface area (Å²) in [5.74, 6) is 0.558. The molecule has 2 atom stereocenters. The number of alkyl halides is 1. The highest BCUT2D eigenvalue weighted by atomic mass is 28.3. The molecule has 0 aliphatic carbocycles. The minimum absolute atomic E-state index is 0.249. The molecule has 0 amide bonds. The van der Waals surface area contributed by atoms with E-state index in [4.69, 9.17) is 14.4 Å². The summed E-state index contributed by atoms with van der Waals surface area (Å²) in [5, 5.41) is 7.14.